The number of hydrogen-bond donors (Lipinski definition) is 1. The molecule has 0 radical (unpaired) electrons. The summed E-state index contributed by atoms with van der Waals surface area (Å²) >= 11 is 0. The molecule has 5 rings (SSSR count). The van der Waals surface area contributed by atoms with E-state index in [-0.39, 0.29) is 12.4 Å². The SMILES string of the molecule is Cc1ccc(-n2cc(COc3ccc4c(C=NCCn5ccc(=O)c(O)c5C)cc(=O)oc4c3)nn2)c(C)c1. The molecule has 0 saturated heterocycles. The molecular formula is C29H27N5O5. The fourth-order valence-electron chi connectivity index (χ4n) is 4.30. The van der Waals surface area contributed by atoms with Crippen LogP contribution in [0.1, 0.15) is 28.1 Å². The Balaban J connectivity index is 1.27. The molecule has 0 spiro atoms. The molecule has 0 aliphatic carbocycles. The number of aromatic nitrogens is 4. The molecule has 0 unspecified atom stereocenters. The first kappa shape index (κ1) is 25.7. The molecule has 3 aromatic heterocycles. The van der Waals surface area contributed by atoms with Gasteiger partial charge in [-0.1, -0.05) is 22.9 Å². The number of hydrogen-bond acceptors (Lipinski definition) is 8. The molecule has 198 valence electrons. The normalized spacial score (nSPS) is 11.5. The number of aromatic hydroxyl groups is 1. The van der Waals surface area contributed by atoms with Crippen LogP contribution in [0.2, 0.25) is 0 Å². The minimum Gasteiger partial charge on any atom is -0.503 e. The van der Waals surface area contributed by atoms with Gasteiger partial charge < -0.3 is 18.8 Å². The zero-order valence-electron chi connectivity index (χ0n) is 21.8. The van der Waals surface area contributed by atoms with Gasteiger partial charge in [0.05, 0.1) is 24.1 Å². The number of benzene rings is 2. The number of rotatable bonds is 8. The molecule has 3 heterocycles. The smallest absolute Gasteiger partial charge is 0.336 e. The molecule has 0 aliphatic heterocycles. The Morgan fingerprint density at radius 2 is 1.92 bits per heavy atom. The molecule has 39 heavy (non-hydrogen) atoms. The Bertz CT molecular complexity index is 1820. The van der Waals surface area contributed by atoms with E-state index in [4.69, 9.17) is 9.15 Å². The highest BCUT2D eigenvalue weighted by molar-refractivity contribution is 5.97. The van der Waals surface area contributed by atoms with Crippen LogP contribution in [0.4, 0.5) is 0 Å². The first-order valence-electron chi connectivity index (χ1n) is 12.4. The van der Waals surface area contributed by atoms with Crippen molar-refractivity contribution in [3.63, 3.8) is 0 Å². The van der Waals surface area contributed by atoms with Crippen LogP contribution in [0.15, 0.2) is 79.9 Å². The van der Waals surface area contributed by atoms with Crippen LogP contribution in [0, 0.1) is 20.8 Å². The van der Waals surface area contributed by atoms with Gasteiger partial charge in [0.2, 0.25) is 5.43 Å². The third kappa shape index (κ3) is 5.64. The maximum absolute atomic E-state index is 12.2. The molecule has 0 aliphatic rings. The van der Waals surface area contributed by atoms with Gasteiger partial charge in [0.15, 0.2) is 5.75 Å². The van der Waals surface area contributed by atoms with Crippen molar-refractivity contribution >= 4 is 17.2 Å². The topological polar surface area (TPSA) is 125 Å². The van der Waals surface area contributed by atoms with Crippen LogP contribution in [0.5, 0.6) is 11.5 Å². The van der Waals surface area contributed by atoms with Crippen molar-refractivity contribution in [2.24, 2.45) is 4.99 Å². The van der Waals surface area contributed by atoms with Gasteiger partial charge in [-0.2, -0.15) is 0 Å². The maximum Gasteiger partial charge on any atom is 0.336 e. The molecular weight excluding hydrogens is 498 g/mol. The van der Waals surface area contributed by atoms with Crippen LogP contribution >= 0.6 is 0 Å². The van der Waals surface area contributed by atoms with Crippen molar-refractivity contribution in [1.29, 1.82) is 0 Å². The Morgan fingerprint density at radius 3 is 2.74 bits per heavy atom. The summed E-state index contributed by atoms with van der Waals surface area (Å²) in [6.07, 6.45) is 5.05. The Hall–Kier alpha value is -4.99. The predicted octanol–water partition coefficient (Wildman–Crippen LogP) is 3.86. The lowest BCUT2D eigenvalue weighted by molar-refractivity contribution is 0.301. The van der Waals surface area contributed by atoms with Crippen molar-refractivity contribution in [1.82, 2.24) is 19.6 Å². The van der Waals surface area contributed by atoms with Gasteiger partial charge in [-0.15, -0.1) is 5.10 Å². The van der Waals surface area contributed by atoms with Gasteiger partial charge in [-0.3, -0.25) is 9.79 Å². The largest absolute Gasteiger partial charge is 0.503 e. The molecule has 0 bridgehead atoms. The summed E-state index contributed by atoms with van der Waals surface area (Å²) in [4.78, 5) is 28.1. The van der Waals surface area contributed by atoms with Gasteiger partial charge in [-0.25, -0.2) is 9.48 Å². The summed E-state index contributed by atoms with van der Waals surface area (Å²) in [5, 5.41) is 19.0. The summed E-state index contributed by atoms with van der Waals surface area (Å²) in [6, 6.07) is 14.1. The first-order valence-corrected chi connectivity index (χ1v) is 12.4. The first-order chi connectivity index (χ1) is 18.8. The average molecular weight is 526 g/mol. The number of aliphatic imine (C=N–C) groups is 1. The number of ether oxygens (including phenoxy) is 1. The van der Waals surface area contributed by atoms with Gasteiger partial charge in [0, 0.05) is 48.1 Å². The minimum atomic E-state index is -0.501. The van der Waals surface area contributed by atoms with Crippen molar-refractivity contribution in [3.05, 3.63) is 110 Å². The van der Waals surface area contributed by atoms with Crippen LogP contribution in [-0.2, 0) is 13.2 Å². The van der Waals surface area contributed by atoms with Crippen LogP contribution in [0.25, 0.3) is 16.7 Å². The van der Waals surface area contributed by atoms with Gasteiger partial charge in [0.25, 0.3) is 0 Å². The standard InChI is InChI=1S/C29H27N5O5/c1-18-4-7-25(19(2)12-18)34-16-22(31-32-34)17-38-23-5-6-24-21(13-28(36)39-27(24)14-23)15-30-9-11-33-10-8-26(35)29(37)20(33)3/h4-8,10,12-16,37H,9,11,17H2,1-3H3. The third-order valence-corrected chi connectivity index (χ3v) is 6.39. The van der Waals surface area contributed by atoms with Crippen molar-refractivity contribution in [2.75, 3.05) is 6.54 Å². The summed E-state index contributed by atoms with van der Waals surface area (Å²) in [6.45, 7) is 6.78. The van der Waals surface area contributed by atoms with Crippen LogP contribution in [-0.4, -0.2) is 37.4 Å². The third-order valence-electron chi connectivity index (χ3n) is 6.39. The summed E-state index contributed by atoms with van der Waals surface area (Å²) in [5.41, 5.74) is 4.44. The molecule has 10 heteroatoms. The van der Waals surface area contributed by atoms with Gasteiger partial charge in [0.1, 0.15) is 23.6 Å². The molecule has 1 N–H and O–H groups in total. The highest BCUT2D eigenvalue weighted by atomic mass is 16.5. The van der Waals surface area contributed by atoms with E-state index in [1.54, 1.807) is 40.7 Å². The molecule has 2 aromatic carbocycles. The molecule has 0 atom stereocenters. The zero-order valence-corrected chi connectivity index (χ0v) is 21.8. The quantitative estimate of drug-likeness (QED) is 0.241. The molecule has 0 amide bonds. The van der Waals surface area contributed by atoms with E-state index in [0.29, 0.717) is 46.8 Å². The van der Waals surface area contributed by atoms with E-state index in [2.05, 4.69) is 21.4 Å². The lowest BCUT2D eigenvalue weighted by atomic mass is 10.1. The van der Waals surface area contributed by atoms with Crippen LogP contribution < -0.4 is 15.8 Å². The van der Waals surface area contributed by atoms with E-state index in [1.807, 2.05) is 38.2 Å². The molecule has 5 aromatic rings. The van der Waals surface area contributed by atoms with E-state index >= 15 is 0 Å². The highest BCUT2D eigenvalue weighted by Crippen LogP contribution is 2.23. The zero-order chi connectivity index (χ0) is 27.5. The Kier molecular flexibility index (Phi) is 7.09. The minimum absolute atomic E-state index is 0.196. The van der Waals surface area contributed by atoms with E-state index < -0.39 is 11.1 Å². The number of pyridine rings is 1. The fraction of sp³-hybridized carbons (Fsp3) is 0.207. The fourth-order valence-corrected chi connectivity index (χ4v) is 4.30. The molecule has 0 fully saturated rings. The van der Waals surface area contributed by atoms with Gasteiger partial charge in [-0.05, 0) is 44.5 Å². The van der Waals surface area contributed by atoms with Crippen molar-refractivity contribution in [3.8, 4) is 17.2 Å². The number of fused-ring (bicyclic) bond motifs is 1. The molecule has 0 saturated carbocycles. The summed E-state index contributed by atoms with van der Waals surface area (Å²) in [5.74, 6) is 0.256. The lowest BCUT2D eigenvalue weighted by Gasteiger charge is -2.09. The molecule has 10 nitrogen and oxygen atoms in total. The van der Waals surface area contributed by atoms with Crippen LogP contribution in [0.3, 0.4) is 0 Å². The second-order valence-electron chi connectivity index (χ2n) is 9.25. The Morgan fingerprint density at radius 1 is 1.08 bits per heavy atom. The van der Waals surface area contributed by atoms with E-state index in [0.717, 1.165) is 11.3 Å². The lowest BCUT2D eigenvalue weighted by Crippen LogP contribution is -2.11. The second-order valence-corrected chi connectivity index (χ2v) is 9.25. The monoisotopic (exact) mass is 525 g/mol. The second kappa shape index (κ2) is 10.8. The summed E-state index contributed by atoms with van der Waals surface area (Å²) < 4.78 is 14.8. The van der Waals surface area contributed by atoms with Crippen molar-refractivity contribution < 1.29 is 14.3 Å². The number of aryl methyl sites for hydroxylation is 2. The Labute approximate surface area is 223 Å². The predicted molar refractivity (Wildman–Crippen MR) is 147 cm³/mol. The van der Waals surface area contributed by atoms with Gasteiger partial charge >= 0.3 is 5.63 Å². The average Bonchev–Trinajstić information content (AvgIpc) is 3.38. The maximum atomic E-state index is 12.2. The number of nitrogens with zero attached hydrogens (tertiary/aromatic N) is 5. The highest BCUT2D eigenvalue weighted by Gasteiger charge is 2.09. The van der Waals surface area contributed by atoms with E-state index in [1.165, 1.54) is 17.7 Å². The van der Waals surface area contributed by atoms with Crippen molar-refractivity contribution in [2.45, 2.75) is 33.9 Å². The van der Waals surface area contributed by atoms with E-state index in [9.17, 15) is 14.7 Å². The summed E-state index contributed by atoms with van der Waals surface area (Å²) in [7, 11) is 0.